The topological polar surface area (TPSA) is 96.8 Å². The Morgan fingerprint density at radius 2 is 1.85 bits per heavy atom. The molecule has 5 heterocycles. The number of alkyl halides is 3. The summed E-state index contributed by atoms with van der Waals surface area (Å²) < 4.78 is 38.4. The van der Waals surface area contributed by atoms with Gasteiger partial charge in [0.15, 0.2) is 11.5 Å². The lowest BCUT2D eigenvalue weighted by Gasteiger charge is -2.50. The van der Waals surface area contributed by atoms with E-state index in [-0.39, 0.29) is 29.7 Å². The fourth-order valence-corrected chi connectivity index (χ4v) is 4.81. The van der Waals surface area contributed by atoms with Crippen molar-refractivity contribution in [1.82, 2.24) is 29.8 Å². The maximum atomic E-state index is 13.7. The highest BCUT2D eigenvalue weighted by Crippen LogP contribution is 2.38. The first-order valence-corrected chi connectivity index (χ1v) is 11.0. The summed E-state index contributed by atoms with van der Waals surface area (Å²) in [5.41, 5.74) is 0.671. The van der Waals surface area contributed by atoms with E-state index in [0.29, 0.717) is 23.6 Å². The molecule has 0 unspecified atom stereocenters. The second-order valence-electron chi connectivity index (χ2n) is 8.72. The third-order valence-electron chi connectivity index (χ3n) is 6.35. The van der Waals surface area contributed by atoms with Crippen LogP contribution in [0.3, 0.4) is 0 Å². The number of aryl methyl sites for hydroxylation is 1. The second-order valence-corrected chi connectivity index (χ2v) is 8.72. The molecule has 3 aliphatic rings. The van der Waals surface area contributed by atoms with Crippen LogP contribution in [0.5, 0.6) is 0 Å². The number of pyridine rings is 1. The zero-order valence-corrected chi connectivity index (χ0v) is 18.3. The molecule has 2 aliphatic heterocycles. The number of rotatable bonds is 4. The molecule has 3 aromatic rings. The normalized spacial score (nSPS) is 22.0. The Morgan fingerprint density at radius 3 is 2.53 bits per heavy atom. The molecular weight excluding hydrogens is 447 g/mol. The molecule has 176 valence electrons. The van der Waals surface area contributed by atoms with Crippen LogP contribution in [0.1, 0.15) is 40.9 Å². The predicted molar refractivity (Wildman–Crippen MR) is 117 cm³/mol. The summed E-state index contributed by atoms with van der Waals surface area (Å²) in [5.74, 6) is 0.762. The SMILES string of the molecule is Cc1cnc(-c2ncccn2)c(C(=O)N2C[C@@H]3CC[C@H]2[C@H](Nc2cnc(C(F)(F)F)cn2)C3)c1. The number of aromatic nitrogens is 5. The van der Waals surface area contributed by atoms with E-state index in [0.717, 1.165) is 37.2 Å². The zero-order valence-electron chi connectivity index (χ0n) is 18.3. The van der Waals surface area contributed by atoms with Crippen LogP contribution >= 0.6 is 0 Å². The van der Waals surface area contributed by atoms with Gasteiger partial charge in [-0.3, -0.25) is 9.78 Å². The standard InChI is InChI=1S/C23H22F3N7O/c1-13-7-15(20(31-9-13)21-27-5-2-6-28-21)22(34)33-12-14-3-4-17(33)16(8-14)32-19-11-29-18(10-30-19)23(24,25)26/h2,5-7,9-11,14,16-17H,3-4,8,12H2,1H3,(H,30,32)/t14-,16-,17+/m1/s1. The lowest BCUT2D eigenvalue weighted by molar-refractivity contribution is -0.141. The minimum Gasteiger partial charge on any atom is -0.364 e. The number of carbonyl (C=O) groups excluding carboxylic acids is 1. The second kappa shape index (κ2) is 8.62. The minimum absolute atomic E-state index is 0.133. The van der Waals surface area contributed by atoms with E-state index in [9.17, 15) is 18.0 Å². The average molecular weight is 469 g/mol. The zero-order chi connectivity index (χ0) is 23.9. The van der Waals surface area contributed by atoms with Gasteiger partial charge >= 0.3 is 6.18 Å². The lowest BCUT2D eigenvalue weighted by Crippen LogP contribution is -2.59. The molecule has 0 aromatic carbocycles. The largest absolute Gasteiger partial charge is 0.434 e. The summed E-state index contributed by atoms with van der Waals surface area (Å²) in [5, 5.41) is 3.21. The highest BCUT2D eigenvalue weighted by molar-refractivity contribution is 5.99. The van der Waals surface area contributed by atoms with Crippen molar-refractivity contribution in [3.63, 3.8) is 0 Å². The van der Waals surface area contributed by atoms with Crippen LogP contribution in [0, 0.1) is 12.8 Å². The minimum atomic E-state index is -4.54. The number of fused-ring (bicyclic) bond motifs is 3. The number of hydrogen-bond donors (Lipinski definition) is 1. The first kappa shape index (κ1) is 22.2. The van der Waals surface area contributed by atoms with Gasteiger partial charge in [0.1, 0.15) is 11.5 Å². The molecule has 0 spiro atoms. The maximum absolute atomic E-state index is 13.7. The summed E-state index contributed by atoms with van der Waals surface area (Å²) in [7, 11) is 0. The van der Waals surface area contributed by atoms with Crippen LogP contribution in [0.2, 0.25) is 0 Å². The van der Waals surface area contributed by atoms with Gasteiger partial charge in [-0.25, -0.2) is 19.9 Å². The van der Waals surface area contributed by atoms with E-state index in [1.165, 1.54) is 0 Å². The molecule has 34 heavy (non-hydrogen) atoms. The first-order valence-electron chi connectivity index (χ1n) is 11.0. The predicted octanol–water partition coefficient (Wildman–Crippen LogP) is 3.76. The molecule has 11 heteroatoms. The van der Waals surface area contributed by atoms with Gasteiger partial charge in [0.25, 0.3) is 5.91 Å². The number of nitrogens with zero attached hydrogens (tertiary/aromatic N) is 6. The summed E-state index contributed by atoms with van der Waals surface area (Å²) >= 11 is 0. The lowest BCUT2D eigenvalue weighted by atomic mass is 9.76. The molecule has 2 saturated heterocycles. The molecule has 0 radical (unpaired) electrons. The molecule has 3 fully saturated rings. The van der Waals surface area contributed by atoms with Crippen molar-refractivity contribution < 1.29 is 18.0 Å². The van der Waals surface area contributed by atoms with E-state index in [4.69, 9.17) is 0 Å². The monoisotopic (exact) mass is 469 g/mol. The van der Waals surface area contributed by atoms with Crippen molar-refractivity contribution in [2.24, 2.45) is 5.92 Å². The molecule has 2 bridgehead atoms. The van der Waals surface area contributed by atoms with Crippen molar-refractivity contribution in [3.8, 4) is 11.5 Å². The van der Waals surface area contributed by atoms with Crippen molar-refractivity contribution in [1.29, 1.82) is 0 Å². The Morgan fingerprint density at radius 1 is 1.06 bits per heavy atom. The third kappa shape index (κ3) is 4.29. The van der Waals surface area contributed by atoms with Gasteiger partial charge in [-0.1, -0.05) is 0 Å². The third-order valence-corrected chi connectivity index (χ3v) is 6.35. The van der Waals surface area contributed by atoms with Crippen LogP contribution in [0.25, 0.3) is 11.5 Å². The molecule has 1 aliphatic carbocycles. The Labute approximate surface area is 193 Å². The van der Waals surface area contributed by atoms with E-state index in [2.05, 4.69) is 30.2 Å². The fourth-order valence-electron chi connectivity index (χ4n) is 4.81. The molecule has 1 saturated carbocycles. The molecular formula is C23H22F3N7O. The smallest absolute Gasteiger partial charge is 0.364 e. The number of piperidine rings is 2. The van der Waals surface area contributed by atoms with Crippen LogP contribution < -0.4 is 5.32 Å². The van der Waals surface area contributed by atoms with Crippen molar-refractivity contribution in [2.45, 2.75) is 44.4 Å². The van der Waals surface area contributed by atoms with Crippen LogP contribution in [0.4, 0.5) is 19.0 Å². The number of anilines is 1. The summed E-state index contributed by atoms with van der Waals surface area (Å²) in [6.07, 6.45) is 4.74. The highest BCUT2D eigenvalue weighted by atomic mass is 19.4. The van der Waals surface area contributed by atoms with Gasteiger partial charge in [0.2, 0.25) is 0 Å². The molecule has 3 aromatic heterocycles. The molecule has 1 N–H and O–H groups in total. The van der Waals surface area contributed by atoms with Crippen LogP contribution in [-0.2, 0) is 6.18 Å². The summed E-state index contributed by atoms with van der Waals surface area (Å²) in [6, 6.07) is 3.22. The molecule has 1 amide bonds. The number of amides is 1. The Balaban J connectivity index is 1.40. The highest BCUT2D eigenvalue weighted by Gasteiger charge is 2.44. The molecule has 6 rings (SSSR count). The van der Waals surface area contributed by atoms with Gasteiger partial charge in [-0.2, -0.15) is 13.2 Å². The summed E-state index contributed by atoms with van der Waals surface area (Å²) in [6.45, 7) is 2.48. The Kier molecular flexibility index (Phi) is 5.62. The van der Waals surface area contributed by atoms with E-state index in [1.54, 1.807) is 30.7 Å². The first-order chi connectivity index (χ1) is 16.3. The summed E-state index contributed by atoms with van der Waals surface area (Å²) in [4.78, 5) is 35.9. The number of carbonyl (C=O) groups is 1. The maximum Gasteiger partial charge on any atom is 0.434 e. The average Bonchev–Trinajstić information content (AvgIpc) is 2.84. The Bertz CT molecular complexity index is 1190. The van der Waals surface area contributed by atoms with E-state index >= 15 is 0 Å². The van der Waals surface area contributed by atoms with Crippen LogP contribution in [-0.4, -0.2) is 54.4 Å². The van der Waals surface area contributed by atoms with Gasteiger partial charge in [0.05, 0.1) is 24.0 Å². The van der Waals surface area contributed by atoms with Gasteiger partial charge in [0, 0.05) is 31.2 Å². The van der Waals surface area contributed by atoms with Crippen molar-refractivity contribution >= 4 is 11.7 Å². The quantitative estimate of drug-likeness (QED) is 0.621. The number of halogens is 3. The van der Waals surface area contributed by atoms with Crippen molar-refractivity contribution in [3.05, 3.63) is 59.9 Å². The Hall–Kier alpha value is -3.63. The number of hydrogen-bond acceptors (Lipinski definition) is 7. The van der Waals surface area contributed by atoms with Gasteiger partial charge in [-0.05, 0) is 49.8 Å². The van der Waals surface area contributed by atoms with Crippen molar-refractivity contribution in [2.75, 3.05) is 11.9 Å². The van der Waals surface area contributed by atoms with Gasteiger partial charge < -0.3 is 10.2 Å². The molecule has 3 atom stereocenters. The van der Waals surface area contributed by atoms with E-state index < -0.39 is 11.9 Å². The molecule has 8 nitrogen and oxygen atoms in total. The van der Waals surface area contributed by atoms with Gasteiger partial charge in [-0.15, -0.1) is 0 Å². The fraction of sp³-hybridized carbons (Fsp3) is 0.391. The van der Waals surface area contributed by atoms with E-state index in [1.807, 2.05) is 11.8 Å². The number of nitrogens with one attached hydrogen (secondary N) is 1. The van der Waals surface area contributed by atoms with Crippen LogP contribution in [0.15, 0.2) is 43.1 Å².